The fourth-order valence-corrected chi connectivity index (χ4v) is 2.97. The van der Waals surface area contributed by atoms with E-state index in [0.717, 1.165) is 16.8 Å². The molecule has 0 spiro atoms. The van der Waals surface area contributed by atoms with Crippen LogP contribution in [0.25, 0.3) is 0 Å². The summed E-state index contributed by atoms with van der Waals surface area (Å²) in [6.45, 7) is 2.13. The van der Waals surface area contributed by atoms with Crippen LogP contribution in [0.2, 0.25) is 5.02 Å². The van der Waals surface area contributed by atoms with Crippen LogP contribution in [0.1, 0.15) is 24.5 Å². The number of halogens is 2. The number of amides is 2. The van der Waals surface area contributed by atoms with Gasteiger partial charge in [-0.3, -0.25) is 9.59 Å². The Kier molecular flexibility index (Phi) is 6.64. The minimum Gasteiger partial charge on any atom is -0.325 e. The van der Waals surface area contributed by atoms with Crippen molar-refractivity contribution in [3.8, 4) is 0 Å². The number of hydrogen-bond donors (Lipinski definition) is 2. The number of nitrogens with one attached hydrogen (secondary N) is 1. The summed E-state index contributed by atoms with van der Waals surface area (Å²) in [6, 6.07) is 12.5. The first-order valence-electron chi connectivity index (χ1n) is 8.18. The molecule has 3 N–H and O–H groups in total. The van der Waals surface area contributed by atoms with Crippen molar-refractivity contribution < 1.29 is 9.59 Å². The van der Waals surface area contributed by atoms with Crippen LogP contribution in [0.4, 0.5) is 11.4 Å². The second-order valence-corrected chi connectivity index (χ2v) is 6.66. The molecule has 2 aromatic carbocycles. The monoisotopic (exact) mass is 393 g/mol. The highest BCUT2D eigenvalue weighted by Crippen LogP contribution is 2.31. The summed E-state index contributed by atoms with van der Waals surface area (Å²) in [4.78, 5) is 25.9. The third-order valence-corrected chi connectivity index (χ3v) is 4.47. The van der Waals surface area contributed by atoms with Crippen LogP contribution in [0.3, 0.4) is 0 Å². The van der Waals surface area contributed by atoms with Crippen molar-refractivity contribution in [1.82, 2.24) is 0 Å². The van der Waals surface area contributed by atoms with Gasteiger partial charge in [-0.05, 0) is 54.8 Å². The van der Waals surface area contributed by atoms with Crippen LogP contribution in [-0.4, -0.2) is 17.9 Å². The highest BCUT2D eigenvalue weighted by atomic mass is 35.5. The summed E-state index contributed by atoms with van der Waals surface area (Å²) in [6.07, 6.45) is 1.11. The van der Waals surface area contributed by atoms with Gasteiger partial charge in [0.05, 0.1) is 12.6 Å². The third kappa shape index (κ3) is 4.55. The summed E-state index contributed by atoms with van der Waals surface area (Å²) in [5, 5.41) is 3.46. The Balaban J connectivity index is 0.00000243. The van der Waals surface area contributed by atoms with Gasteiger partial charge in [0.25, 0.3) is 0 Å². The van der Waals surface area contributed by atoms with Crippen molar-refractivity contribution in [2.75, 3.05) is 10.2 Å². The van der Waals surface area contributed by atoms with Crippen molar-refractivity contribution in [3.63, 3.8) is 0 Å². The van der Waals surface area contributed by atoms with E-state index in [1.165, 1.54) is 0 Å². The lowest BCUT2D eigenvalue weighted by atomic mass is 9.99. The Morgan fingerprint density at radius 3 is 2.58 bits per heavy atom. The lowest BCUT2D eigenvalue weighted by Gasteiger charge is -2.30. The number of rotatable bonds is 4. The molecule has 3 rings (SSSR count). The molecule has 0 unspecified atom stereocenters. The second-order valence-electron chi connectivity index (χ2n) is 6.23. The molecule has 1 aliphatic heterocycles. The molecule has 0 aliphatic carbocycles. The molecule has 1 atom stereocenters. The van der Waals surface area contributed by atoms with Gasteiger partial charge in [-0.1, -0.05) is 23.7 Å². The Labute approximate surface area is 163 Å². The predicted molar refractivity (Wildman–Crippen MR) is 107 cm³/mol. The van der Waals surface area contributed by atoms with E-state index in [-0.39, 0.29) is 24.2 Å². The number of benzene rings is 2. The van der Waals surface area contributed by atoms with Crippen molar-refractivity contribution in [3.05, 3.63) is 58.6 Å². The standard InChI is InChI=1S/C19H20ClN3O2.ClH/c1-12(21)19(25)22-16-7-8-17-14(10-16)4-9-18(24)23(17)11-13-2-5-15(20)6-3-13;/h2-3,5-8,10,12H,4,9,11,21H2,1H3,(H,22,25);1H/t12-;/m1./s1. The van der Waals surface area contributed by atoms with E-state index >= 15 is 0 Å². The lowest BCUT2D eigenvalue weighted by molar-refractivity contribution is -0.119. The number of hydrogen-bond acceptors (Lipinski definition) is 3. The number of nitrogens with zero attached hydrogens (tertiary/aromatic N) is 1. The molecule has 0 bridgehead atoms. The molecule has 0 saturated heterocycles. The number of nitrogens with two attached hydrogens (primary N) is 1. The zero-order valence-corrected chi connectivity index (χ0v) is 15.9. The molecule has 0 fully saturated rings. The van der Waals surface area contributed by atoms with Crippen molar-refractivity contribution >= 4 is 47.2 Å². The van der Waals surface area contributed by atoms with Gasteiger partial charge in [0.2, 0.25) is 11.8 Å². The summed E-state index contributed by atoms with van der Waals surface area (Å²) in [7, 11) is 0. The van der Waals surface area contributed by atoms with Crippen molar-refractivity contribution in [1.29, 1.82) is 0 Å². The van der Waals surface area contributed by atoms with E-state index in [4.69, 9.17) is 17.3 Å². The van der Waals surface area contributed by atoms with Gasteiger partial charge in [0, 0.05) is 22.8 Å². The van der Waals surface area contributed by atoms with Gasteiger partial charge in [-0.2, -0.15) is 0 Å². The molecule has 2 aromatic rings. The SMILES string of the molecule is C[C@@H](N)C(=O)Nc1ccc2c(c1)CCC(=O)N2Cc1ccc(Cl)cc1.Cl. The quantitative estimate of drug-likeness (QED) is 0.833. The molecule has 2 amide bonds. The minimum atomic E-state index is -0.570. The molecule has 0 radical (unpaired) electrons. The maximum absolute atomic E-state index is 12.4. The first-order valence-corrected chi connectivity index (χ1v) is 8.56. The molecule has 138 valence electrons. The Morgan fingerprint density at radius 2 is 1.92 bits per heavy atom. The predicted octanol–water partition coefficient (Wildman–Crippen LogP) is 3.53. The summed E-state index contributed by atoms with van der Waals surface area (Å²) in [5.74, 6) is -0.139. The highest BCUT2D eigenvalue weighted by molar-refractivity contribution is 6.30. The first kappa shape index (κ1) is 20.2. The zero-order valence-electron chi connectivity index (χ0n) is 14.4. The van der Waals surface area contributed by atoms with Gasteiger partial charge in [-0.15, -0.1) is 12.4 Å². The lowest BCUT2D eigenvalue weighted by Crippen LogP contribution is -2.35. The fourth-order valence-electron chi connectivity index (χ4n) is 2.84. The van der Waals surface area contributed by atoms with Crippen LogP contribution in [0.5, 0.6) is 0 Å². The number of anilines is 2. The third-order valence-electron chi connectivity index (χ3n) is 4.21. The van der Waals surface area contributed by atoms with Crippen LogP contribution in [0.15, 0.2) is 42.5 Å². The Morgan fingerprint density at radius 1 is 1.23 bits per heavy atom. The van der Waals surface area contributed by atoms with E-state index in [1.54, 1.807) is 17.9 Å². The van der Waals surface area contributed by atoms with Crippen LogP contribution in [0, 0.1) is 0 Å². The molecule has 1 heterocycles. The number of aryl methyl sites for hydroxylation is 1. The van der Waals surface area contributed by atoms with E-state index < -0.39 is 6.04 Å². The number of carbonyl (C=O) groups excluding carboxylic acids is 2. The Bertz CT molecular complexity index is 807. The molecule has 1 aliphatic rings. The summed E-state index contributed by atoms with van der Waals surface area (Å²) < 4.78 is 0. The minimum absolute atomic E-state index is 0. The smallest absolute Gasteiger partial charge is 0.240 e. The topological polar surface area (TPSA) is 75.4 Å². The molecular weight excluding hydrogens is 373 g/mol. The summed E-state index contributed by atoms with van der Waals surface area (Å²) >= 11 is 5.92. The van der Waals surface area contributed by atoms with E-state index in [9.17, 15) is 9.59 Å². The average Bonchev–Trinajstić information content (AvgIpc) is 2.59. The van der Waals surface area contributed by atoms with Gasteiger partial charge in [0.15, 0.2) is 0 Å². The van der Waals surface area contributed by atoms with Crippen molar-refractivity contribution in [2.45, 2.75) is 32.4 Å². The molecule has 0 saturated carbocycles. The van der Waals surface area contributed by atoms with E-state index in [1.807, 2.05) is 36.4 Å². The zero-order chi connectivity index (χ0) is 18.0. The van der Waals surface area contributed by atoms with Crippen LogP contribution < -0.4 is 16.0 Å². The average molecular weight is 394 g/mol. The maximum atomic E-state index is 12.4. The first-order chi connectivity index (χ1) is 11.9. The number of fused-ring (bicyclic) bond motifs is 1. The molecule has 5 nitrogen and oxygen atoms in total. The molecule has 26 heavy (non-hydrogen) atoms. The molecule has 7 heteroatoms. The van der Waals surface area contributed by atoms with Crippen LogP contribution >= 0.6 is 24.0 Å². The fraction of sp³-hybridized carbons (Fsp3) is 0.263. The molecular formula is C19H21Cl2N3O2. The Hall–Kier alpha value is -2.08. The van der Waals surface area contributed by atoms with E-state index in [2.05, 4.69) is 5.32 Å². The normalized spacial score (nSPS) is 14.3. The van der Waals surface area contributed by atoms with Gasteiger partial charge >= 0.3 is 0 Å². The largest absolute Gasteiger partial charge is 0.325 e. The second kappa shape index (κ2) is 8.54. The van der Waals surface area contributed by atoms with E-state index in [0.29, 0.717) is 30.1 Å². The molecule has 0 aromatic heterocycles. The highest BCUT2D eigenvalue weighted by Gasteiger charge is 2.24. The summed E-state index contributed by atoms with van der Waals surface area (Å²) in [5.41, 5.74) is 9.21. The number of carbonyl (C=O) groups is 2. The van der Waals surface area contributed by atoms with Gasteiger partial charge in [0.1, 0.15) is 0 Å². The van der Waals surface area contributed by atoms with Gasteiger partial charge < -0.3 is 16.0 Å². The van der Waals surface area contributed by atoms with Gasteiger partial charge in [-0.25, -0.2) is 0 Å². The van der Waals surface area contributed by atoms with Crippen molar-refractivity contribution in [2.24, 2.45) is 5.73 Å². The maximum Gasteiger partial charge on any atom is 0.240 e. The van der Waals surface area contributed by atoms with Crippen LogP contribution in [-0.2, 0) is 22.6 Å².